The number of hydrogen-bond donors (Lipinski definition) is 3. The van der Waals surface area contributed by atoms with Crippen molar-refractivity contribution < 1.29 is 19.6 Å². The van der Waals surface area contributed by atoms with E-state index < -0.39 is 22.8 Å². The number of carbonyl (C=O) groups is 2. The second-order valence-corrected chi connectivity index (χ2v) is 5.75. The lowest BCUT2D eigenvalue weighted by molar-refractivity contribution is -0.384. The third-order valence-electron chi connectivity index (χ3n) is 4.11. The van der Waals surface area contributed by atoms with E-state index in [1.807, 2.05) is 6.92 Å². The van der Waals surface area contributed by atoms with Crippen LogP contribution in [0, 0.1) is 16.0 Å². The van der Waals surface area contributed by atoms with Gasteiger partial charge in [-0.3, -0.25) is 14.9 Å². The minimum absolute atomic E-state index is 0.0542. The Balaban J connectivity index is 2.19. The normalized spacial score (nSPS) is 13.4. The number of H-pyrrole nitrogens is 1. The molecule has 0 saturated heterocycles. The molecule has 0 aliphatic rings. The highest BCUT2D eigenvalue weighted by Gasteiger charge is 2.25. The van der Waals surface area contributed by atoms with Gasteiger partial charge in [0.25, 0.3) is 5.69 Å². The first kappa shape index (κ1) is 17.5. The minimum Gasteiger partial charge on any atom is -0.480 e. The van der Waals surface area contributed by atoms with Gasteiger partial charge in [-0.15, -0.1) is 0 Å². The number of fused-ring (bicyclic) bond motifs is 1. The number of amides is 1. The maximum atomic E-state index is 12.2. The fourth-order valence-corrected chi connectivity index (χ4v) is 2.51. The Morgan fingerprint density at radius 1 is 1.42 bits per heavy atom. The van der Waals surface area contributed by atoms with Crippen molar-refractivity contribution in [2.45, 2.75) is 32.7 Å². The summed E-state index contributed by atoms with van der Waals surface area (Å²) in [6, 6.07) is 3.40. The summed E-state index contributed by atoms with van der Waals surface area (Å²) in [7, 11) is 0. The molecule has 0 bridgehead atoms. The molecule has 2 aromatic rings. The highest BCUT2D eigenvalue weighted by atomic mass is 16.6. The number of carbonyl (C=O) groups excluding carboxylic acids is 1. The van der Waals surface area contributed by atoms with Gasteiger partial charge in [-0.05, 0) is 17.5 Å². The molecule has 8 nitrogen and oxygen atoms in total. The van der Waals surface area contributed by atoms with Gasteiger partial charge in [-0.2, -0.15) is 0 Å². The van der Waals surface area contributed by atoms with E-state index >= 15 is 0 Å². The molecule has 1 aromatic heterocycles. The summed E-state index contributed by atoms with van der Waals surface area (Å²) >= 11 is 0. The Bertz CT molecular complexity index is 783. The molecule has 1 aromatic carbocycles. The SMILES string of the molecule is CC[C@H](C)[C@H](NC(=O)Cc1c[nH]c2ccc([N+](=O)[O-])cc12)C(=O)O. The number of aliphatic carboxylic acids is 1. The summed E-state index contributed by atoms with van der Waals surface area (Å²) in [5, 5.41) is 23.2. The van der Waals surface area contributed by atoms with Crippen molar-refractivity contribution in [3.63, 3.8) is 0 Å². The molecule has 0 saturated carbocycles. The summed E-state index contributed by atoms with van der Waals surface area (Å²) in [6.07, 6.45) is 2.17. The number of benzene rings is 1. The number of non-ortho nitro benzene ring substituents is 1. The average Bonchev–Trinajstić information content (AvgIpc) is 2.93. The van der Waals surface area contributed by atoms with Crippen LogP contribution < -0.4 is 5.32 Å². The first-order chi connectivity index (χ1) is 11.3. The quantitative estimate of drug-likeness (QED) is 0.529. The Kier molecular flexibility index (Phi) is 5.18. The van der Waals surface area contributed by atoms with Gasteiger partial charge < -0.3 is 15.4 Å². The number of carboxylic acids is 1. The monoisotopic (exact) mass is 333 g/mol. The number of rotatable bonds is 7. The molecule has 2 atom stereocenters. The zero-order chi connectivity index (χ0) is 17.9. The molecule has 0 aliphatic heterocycles. The molecule has 8 heteroatoms. The second-order valence-electron chi connectivity index (χ2n) is 5.75. The standard InChI is InChI=1S/C16H19N3O5/c1-3-9(2)15(16(21)22)18-14(20)6-10-8-17-13-5-4-11(19(23)24)7-12(10)13/h4-5,7-9,15,17H,3,6H2,1-2H3,(H,18,20)(H,21,22)/t9-,15-/m0/s1. The first-order valence-electron chi connectivity index (χ1n) is 7.60. The van der Waals surface area contributed by atoms with Crippen molar-refractivity contribution in [1.29, 1.82) is 0 Å². The zero-order valence-electron chi connectivity index (χ0n) is 13.4. The van der Waals surface area contributed by atoms with Crippen LogP contribution in [-0.2, 0) is 16.0 Å². The lowest BCUT2D eigenvalue weighted by Crippen LogP contribution is -2.45. The van der Waals surface area contributed by atoms with Crippen LogP contribution in [0.5, 0.6) is 0 Å². The van der Waals surface area contributed by atoms with Gasteiger partial charge >= 0.3 is 5.97 Å². The van der Waals surface area contributed by atoms with E-state index in [-0.39, 0.29) is 18.0 Å². The van der Waals surface area contributed by atoms with Crippen molar-refractivity contribution in [3.05, 3.63) is 40.1 Å². The van der Waals surface area contributed by atoms with Crippen molar-refractivity contribution in [1.82, 2.24) is 10.3 Å². The molecule has 0 spiro atoms. The highest BCUT2D eigenvalue weighted by molar-refractivity contribution is 5.91. The van der Waals surface area contributed by atoms with E-state index in [0.29, 0.717) is 22.9 Å². The van der Waals surface area contributed by atoms with Crippen LogP contribution in [0.3, 0.4) is 0 Å². The van der Waals surface area contributed by atoms with E-state index in [0.717, 1.165) is 0 Å². The van der Waals surface area contributed by atoms with E-state index in [1.54, 1.807) is 19.2 Å². The molecular formula is C16H19N3O5. The molecule has 1 amide bonds. The Morgan fingerprint density at radius 2 is 2.12 bits per heavy atom. The van der Waals surface area contributed by atoms with Crippen LogP contribution in [0.1, 0.15) is 25.8 Å². The number of nitrogens with zero attached hydrogens (tertiary/aromatic N) is 1. The molecule has 24 heavy (non-hydrogen) atoms. The van der Waals surface area contributed by atoms with Crippen LogP contribution in [-0.4, -0.2) is 32.9 Å². The van der Waals surface area contributed by atoms with Gasteiger partial charge in [-0.25, -0.2) is 4.79 Å². The van der Waals surface area contributed by atoms with E-state index in [4.69, 9.17) is 0 Å². The molecule has 0 unspecified atom stereocenters. The maximum absolute atomic E-state index is 12.2. The van der Waals surface area contributed by atoms with Gasteiger partial charge in [0.1, 0.15) is 6.04 Å². The molecule has 0 radical (unpaired) electrons. The average molecular weight is 333 g/mol. The number of carboxylic acid groups (broad SMARTS) is 1. The van der Waals surface area contributed by atoms with Crippen LogP contribution in [0.2, 0.25) is 0 Å². The van der Waals surface area contributed by atoms with Gasteiger partial charge in [0.15, 0.2) is 0 Å². The van der Waals surface area contributed by atoms with Crippen LogP contribution in [0.15, 0.2) is 24.4 Å². The smallest absolute Gasteiger partial charge is 0.326 e. The fraction of sp³-hybridized carbons (Fsp3) is 0.375. The highest BCUT2D eigenvalue weighted by Crippen LogP contribution is 2.24. The lowest BCUT2D eigenvalue weighted by atomic mass is 9.99. The van der Waals surface area contributed by atoms with Crippen LogP contribution in [0.25, 0.3) is 10.9 Å². The predicted octanol–water partition coefficient (Wildman–Crippen LogP) is 2.23. The summed E-state index contributed by atoms with van der Waals surface area (Å²) in [5.74, 6) is -1.71. The molecule has 3 N–H and O–H groups in total. The van der Waals surface area contributed by atoms with Gasteiger partial charge in [-0.1, -0.05) is 20.3 Å². The summed E-state index contributed by atoms with van der Waals surface area (Å²) in [6.45, 7) is 3.61. The first-order valence-corrected chi connectivity index (χ1v) is 7.60. The third-order valence-corrected chi connectivity index (χ3v) is 4.11. The van der Waals surface area contributed by atoms with E-state index in [1.165, 1.54) is 12.1 Å². The van der Waals surface area contributed by atoms with Crippen molar-refractivity contribution >= 4 is 28.5 Å². The van der Waals surface area contributed by atoms with Gasteiger partial charge in [0.2, 0.25) is 5.91 Å². The van der Waals surface area contributed by atoms with Crippen LogP contribution >= 0.6 is 0 Å². The molecule has 0 fully saturated rings. The third kappa shape index (κ3) is 3.70. The summed E-state index contributed by atoms with van der Waals surface area (Å²) in [4.78, 5) is 36.8. The molecule has 0 aliphatic carbocycles. The predicted molar refractivity (Wildman–Crippen MR) is 87.7 cm³/mol. The molecule has 1 heterocycles. The Hall–Kier alpha value is -2.90. The number of nitro groups is 1. The Labute approximate surface area is 138 Å². The number of nitrogens with one attached hydrogen (secondary N) is 2. The Morgan fingerprint density at radius 3 is 2.71 bits per heavy atom. The molecule has 2 rings (SSSR count). The zero-order valence-corrected chi connectivity index (χ0v) is 13.4. The second kappa shape index (κ2) is 7.12. The van der Waals surface area contributed by atoms with E-state index in [9.17, 15) is 24.8 Å². The van der Waals surface area contributed by atoms with Gasteiger partial charge in [0, 0.05) is 29.2 Å². The van der Waals surface area contributed by atoms with E-state index in [2.05, 4.69) is 10.3 Å². The van der Waals surface area contributed by atoms with Crippen LogP contribution in [0.4, 0.5) is 5.69 Å². The summed E-state index contributed by atoms with van der Waals surface area (Å²) in [5.41, 5.74) is 1.20. The number of aromatic nitrogens is 1. The largest absolute Gasteiger partial charge is 0.480 e. The van der Waals surface area contributed by atoms with Crippen molar-refractivity contribution in [3.8, 4) is 0 Å². The topological polar surface area (TPSA) is 125 Å². The maximum Gasteiger partial charge on any atom is 0.326 e. The summed E-state index contributed by atoms with van der Waals surface area (Å²) < 4.78 is 0. The minimum atomic E-state index is -1.08. The van der Waals surface area contributed by atoms with Crippen molar-refractivity contribution in [2.24, 2.45) is 5.92 Å². The fourth-order valence-electron chi connectivity index (χ4n) is 2.51. The molecule has 128 valence electrons. The number of aromatic amines is 1. The van der Waals surface area contributed by atoms with Gasteiger partial charge in [0.05, 0.1) is 11.3 Å². The molecular weight excluding hydrogens is 314 g/mol. The lowest BCUT2D eigenvalue weighted by Gasteiger charge is -2.20. The number of nitro benzene ring substituents is 1. The number of hydrogen-bond acceptors (Lipinski definition) is 4. The van der Waals surface area contributed by atoms with Crippen molar-refractivity contribution in [2.75, 3.05) is 0 Å².